The molecule has 2 heterocycles. The quantitative estimate of drug-likeness (QED) is 0.198. The van der Waals surface area contributed by atoms with E-state index in [0.29, 0.717) is 5.82 Å². The molecule has 0 aliphatic rings. The predicted molar refractivity (Wildman–Crippen MR) is 126 cm³/mol. The molecule has 0 saturated carbocycles. The van der Waals surface area contributed by atoms with Crippen LogP contribution in [0.25, 0.3) is 21.8 Å². The molecule has 9 heteroatoms. The number of anilines is 2. The molecule has 4 rings (SSSR count). The number of aromatic nitrogens is 3. The summed E-state index contributed by atoms with van der Waals surface area (Å²) < 4.78 is 15.0. The van der Waals surface area contributed by atoms with E-state index in [0.717, 1.165) is 32.8 Å². The summed E-state index contributed by atoms with van der Waals surface area (Å²) in [6, 6.07) is 13.9. The van der Waals surface area contributed by atoms with Crippen LogP contribution in [0.3, 0.4) is 0 Å². The standard InChI is InChI=1S/C18H15ClIN4OPS/c1-26(2,25)15-12-6-4-3-5-11(12)7-8-14(15)21-16-13-9-10-24(27-20)17(13)23-18(19)22-16/h3-10H,1-2H3,(H,21,22,23). The van der Waals surface area contributed by atoms with Crippen LogP contribution in [0.2, 0.25) is 5.28 Å². The molecule has 0 unspecified atom stereocenters. The van der Waals surface area contributed by atoms with Gasteiger partial charge in [0.05, 0.1) is 11.1 Å². The van der Waals surface area contributed by atoms with Crippen LogP contribution in [0.15, 0.2) is 48.7 Å². The van der Waals surface area contributed by atoms with E-state index < -0.39 is 7.14 Å². The largest absolute Gasteiger partial charge is 0.339 e. The highest BCUT2D eigenvalue weighted by atomic mass is 127. The van der Waals surface area contributed by atoms with Crippen LogP contribution in [0.1, 0.15) is 0 Å². The van der Waals surface area contributed by atoms with Crippen molar-refractivity contribution in [1.29, 1.82) is 0 Å². The van der Waals surface area contributed by atoms with Crippen molar-refractivity contribution in [2.24, 2.45) is 0 Å². The van der Waals surface area contributed by atoms with Crippen LogP contribution in [-0.4, -0.2) is 27.3 Å². The van der Waals surface area contributed by atoms with Gasteiger partial charge < -0.3 is 9.88 Å². The van der Waals surface area contributed by atoms with Crippen molar-refractivity contribution in [2.45, 2.75) is 0 Å². The Balaban J connectivity index is 1.94. The van der Waals surface area contributed by atoms with Crippen molar-refractivity contribution in [3.05, 3.63) is 53.9 Å². The summed E-state index contributed by atoms with van der Waals surface area (Å²) in [6.07, 6.45) is 1.92. The highest BCUT2D eigenvalue weighted by Gasteiger charge is 2.21. The summed E-state index contributed by atoms with van der Waals surface area (Å²) >= 11 is 8.35. The smallest absolute Gasteiger partial charge is 0.226 e. The van der Waals surface area contributed by atoms with Gasteiger partial charge >= 0.3 is 0 Å². The summed E-state index contributed by atoms with van der Waals surface area (Å²) in [6.45, 7) is 3.57. The minimum absolute atomic E-state index is 0.161. The molecule has 2 aromatic carbocycles. The van der Waals surface area contributed by atoms with E-state index in [4.69, 9.17) is 11.6 Å². The first kappa shape index (κ1) is 19.1. The maximum Gasteiger partial charge on any atom is 0.226 e. The Morgan fingerprint density at radius 3 is 2.63 bits per heavy atom. The molecule has 4 aromatic rings. The lowest BCUT2D eigenvalue weighted by atomic mass is 10.1. The van der Waals surface area contributed by atoms with Crippen molar-refractivity contribution in [2.75, 3.05) is 18.6 Å². The van der Waals surface area contributed by atoms with E-state index in [2.05, 4.69) is 36.5 Å². The van der Waals surface area contributed by atoms with E-state index in [1.54, 1.807) is 13.3 Å². The third-order valence-corrected chi connectivity index (χ3v) is 7.69. The van der Waals surface area contributed by atoms with Gasteiger partial charge in [-0.25, -0.2) is 0 Å². The number of halogens is 2. The Bertz CT molecular complexity index is 1220. The molecule has 0 amide bonds. The second-order valence-corrected chi connectivity index (χ2v) is 11.6. The first-order chi connectivity index (χ1) is 12.9. The molecule has 0 spiro atoms. The van der Waals surface area contributed by atoms with Crippen LogP contribution < -0.4 is 10.6 Å². The molecule has 0 bridgehead atoms. The summed E-state index contributed by atoms with van der Waals surface area (Å²) in [4.78, 5) is 8.70. The van der Waals surface area contributed by atoms with Gasteiger partial charge in [0.25, 0.3) is 0 Å². The van der Waals surface area contributed by atoms with Crippen LogP contribution in [0, 0.1) is 0 Å². The van der Waals surface area contributed by atoms with Gasteiger partial charge in [0.2, 0.25) is 5.28 Å². The third-order valence-electron chi connectivity index (χ3n) is 4.25. The first-order valence-electron chi connectivity index (χ1n) is 8.06. The van der Waals surface area contributed by atoms with E-state index >= 15 is 0 Å². The second-order valence-electron chi connectivity index (χ2n) is 6.45. The molecule has 0 atom stereocenters. The summed E-state index contributed by atoms with van der Waals surface area (Å²) in [5.74, 6) is 0.596. The highest BCUT2D eigenvalue weighted by Crippen LogP contribution is 2.42. The minimum atomic E-state index is -2.56. The zero-order valence-electron chi connectivity index (χ0n) is 14.5. The molecule has 1 N–H and O–H groups in total. The minimum Gasteiger partial charge on any atom is -0.339 e. The van der Waals surface area contributed by atoms with Gasteiger partial charge in [0, 0.05) is 41.8 Å². The molecule has 5 nitrogen and oxygen atoms in total. The Hall–Kier alpha value is -1.28. The van der Waals surface area contributed by atoms with Crippen molar-refractivity contribution in [3.63, 3.8) is 0 Å². The maximum atomic E-state index is 13.1. The zero-order chi connectivity index (χ0) is 19.2. The average Bonchev–Trinajstić information content (AvgIpc) is 3.03. The number of fused-ring (bicyclic) bond motifs is 2. The molecule has 0 aliphatic heterocycles. The number of hydrogen-bond donors (Lipinski definition) is 1. The van der Waals surface area contributed by atoms with Gasteiger partial charge in [0.15, 0.2) is 5.65 Å². The van der Waals surface area contributed by atoms with Gasteiger partial charge in [0.1, 0.15) is 13.0 Å². The van der Waals surface area contributed by atoms with Crippen LogP contribution in [0.5, 0.6) is 0 Å². The summed E-state index contributed by atoms with van der Waals surface area (Å²) in [7, 11) is -1.06. The SMILES string of the molecule is CP(C)(=O)c1c(Nc2nc(Cl)nc3c2ccn3SI)ccc2ccccc12. The van der Waals surface area contributed by atoms with Crippen molar-refractivity contribution in [3.8, 4) is 0 Å². The Morgan fingerprint density at radius 1 is 1.11 bits per heavy atom. The van der Waals surface area contributed by atoms with Gasteiger partial charge in [-0.1, -0.05) is 30.3 Å². The van der Waals surface area contributed by atoms with Gasteiger partial charge in [-0.15, -0.1) is 0 Å². The van der Waals surface area contributed by atoms with Gasteiger partial charge in [-0.3, -0.25) is 3.97 Å². The van der Waals surface area contributed by atoms with E-state index in [9.17, 15) is 4.57 Å². The van der Waals surface area contributed by atoms with Crippen LogP contribution in [-0.2, 0) is 4.57 Å². The molecular formula is C18H15ClIN4OPS. The Morgan fingerprint density at radius 2 is 1.89 bits per heavy atom. The van der Waals surface area contributed by atoms with Crippen molar-refractivity contribution in [1.82, 2.24) is 13.9 Å². The van der Waals surface area contributed by atoms with Gasteiger partial charge in [-0.2, -0.15) is 9.97 Å². The Kier molecular flexibility index (Phi) is 5.14. The maximum absolute atomic E-state index is 13.1. The lowest BCUT2D eigenvalue weighted by Gasteiger charge is -2.18. The topological polar surface area (TPSA) is 59.8 Å². The van der Waals surface area contributed by atoms with E-state index in [1.807, 2.05) is 52.6 Å². The monoisotopic (exact) mass is 528 g/mol. The fraction of sp³-hybridized carbons (Fsp3) is 0.111. The molecule has 2 aromatic heterocycles. The molecule has 138 valence electrons. The third kappa shape index (κ3) is 3.58. The first-order valence-corrected chi connectivity index (χ1v) is 14.4. The molecule has 0 saturated heterocycles. The van der Waals surface area contributed by atoms with Gasteiger partial charge in [-0.05, 0) is 47.8 Å². The molecule has 0 fully saturated rings. The number of rotatable bonds is 4. The number of nitrogens with one attached hydrogen (secondary N) is 1. The lowest BCUT2D eigenvalue weighted by Crippen LogP contribution is -2.12. The fourth-order valence-corrected chi connectivity index (χ4v) is 6.10. The summed E-state index contributed by atoms with van der Waals surface area (Å²) in [5, 5.41) is 7.22. The molecule has 0 radical (unpaired) electrons. The summed E-state index contributed by atoms with van der Waals surface area (Å²) in [5.41, 5.74) is 1.50. The normalized spacial score (nSPS) is 12.0. The fourth-order valence-electron chi connectivity index (χ4n) is 3.18. The predicted octanol–water partition coefficient (Wildman–Crippen LogP) is 6.08. The van der Waals surface area contributed by atoms with Crippen LogP contribution >= 0.6 is 49.1 Å². The van der Waals surface area contributed by atoms with Crippen molar-refractivity contribution >= 4 is 87.7 Å². The lowest BCUT2D eigenvalue weighted by molar-refractivity contribution is 0.588. The van der Waals surface area contributed by atoms with E-state index in [1.165, 1.54) is 9.12 Å². The highest BCUT2D eigenvalue weighted by molar-refractivity contribution is 14.2. The molecular weight excluding hydrogens is 514 g/mol. The zero-order valence-corrected chi connectivity index (χ0v) is 19.1. The van der Waals surface area contributed by atoms with Crippen molar-refractivity contribution < 1.29 is 4.57 Å². The second kappa shape index (κ2) is 7.28. The van der Waals surface area contributed by atoms with Crippen LogP contribution in [0.4, 0.5) is 11.5 Å². The average molecular weight is 529 g/mol. The van der Waals surface area contributed by atoms with E-state index in [-0.39, 0.29) is 5.28 Å². The number of hydrogen-bond acceptors (Lipinski definition) is 5. The number of benzene rings is 2. The number of nitrogens with zero attached hydrogens (tertiary/aromatic N) is 3. The molecule has 27 heavy (non-hydrogen) atoms. The molecule has 0 aliphatic carbocycles. The Labute approximate surface area is 178 Å².